The van der Waals surface area contributed by atoms with E-state index >= 15 is 0 Å². The van der Waals surface area contributed by atoms with E-state index in [1.165, 1.54) is 6.07 Å². The van der Waals surface area contributed by atoms with Gasteiger partial charge in [-0.05, 0) is 42.8 Å². The average Bonchev–Trinajstić information content (AvgIpc) is 2.54. The average molecular weight is 377 g/mol. The molecule has 2 aromatic carbocycles. The van der Waals surface area contributed by atoms with Gasteiger partial charge in [0.2, 0.25) is 5.91 Å². The van der Waals surface area contributed by atoms with Gasteiger partial charge in [0.15, 0.2) is 0 Å². The molecule has 0 aliphatic carbocycles. The molecule has 23 heavy (non-hydrogen) atoms. The minimum atomic E-state index is -0.215. The number of benzene rings is 2. The van der Waals surface area contributed by atoms with Crippen LogP contribution in [0.3, 0.4) is 0 Å². The maximum absolute atomic E-state index is 13.9. The molecule has 3 nitrogen and oxygen atoms in total. The largest absolute Gasteiger partial charge is 0.312 e. The molecule has 0 aromatic heterocycles. The summed E-state index contributed by atoms with van der Waals surface area (Å²) in [6.07, 6.45) is 0.627. The number of halogens is 2. The molecule has 120 valence electrons. The Morgan fingerprint density at radius 2 is 2.13 bits per heavy atom. The number of hydrogen-bond donors (Lipinski definition) is 1. The summed E-state index contributed by atoms with van der Waals surface area (Å²) in [6, 6.07) is 12.7. The number of carbonyl (C=O) groups is 1. The van der Waals surface area contributed by atoms with Gasteiger partial charge in [0, 0.05) is 41.3 Å². The van der Waals surface area contributed by atoms with Crippen molar-refractivity contribution in [2.75, 3.05) is 11.4 Å². The summed E-state index contributed by atoms with van der Waals surface area (Å²) < 4.78 is 14.8. The molecule has 2 aromatic rings. The van der Waals surface area contributed by atoms with E-state index in [4.69, 9.17) is 0 Å². The van der Waals surface area contributed by atoms with Gasteiger partial charge in [0.25, 0.3) is 0 Å². The molecule has 1 unspecified atom stereocenters. The third-order valence-corrected chi connectivity index (χ3v) is 4.60. The molecule has 0 bridgehead atoms. The van der Waals surface area contributed by atoms with Gasteiger partial charge in [-0.1, -0.05) is 28.1 Å². The van der Waals surface area contributed by atoms with Crippen LogP contribution < -0.4 is 10.2 Å². The minimum absolute atomic E-state index is 0.109. The van der Waals surface area contributed by atoms with Gasteiger partial charge >= 0.3 is 0 Å². The zero-order valence-corrected chi connectivity index (χ0v) is 14.4. The summed E-state index contributed by atoms with van der Waals surface area (Å²) in [5.41, 5.74) is 2.64. The number of anilines is 1. The molecule has 5 heteroatoms. The third kappa shape index (κ3) is 3.62. The van der Waals surface area contributed by atoms with E-state index in [0.717, 1.165) is 22.3 Å². The van der Waals surface area contributed by atoms with Gasteiger partial charge in [-0.25, -0.2) is 4.39 Å². The van der Waals surface area contributed by atoms with Crippen LogP contribution in [0.15, 0.2) is 46.9 Å². The number of amides is 1. The number of hydrogen-bond acceptors (Lipinski definition) is 2. The molecule has 1 atom stereocenters. The molecule has 1 aliphatic rings. The fraction of sp³-hybridized carbons (Fsp3) is 0.278. The molecule has 1 fully saturated rings. The van der Waals surface area contributed by atoms with Crippen LogP contribution in [0.25, 0.3) is 0 Å². The second-order valence-corrected chi connectivity index (χ2v) is 6.65. The molecule has 1 heterocycles. The van der Waals surface area contributed by atoms with Gasteiger partial charge in [0.05, 0.1) is 0 Å². The van der Waals surface area contributed by atoms with Crippen molar-refractivity contribution >= 4 is 27.5 Å². The monoisotopic (exact) mass is 376 g/mol. The molecule has 0 saturated carbocycles. The predicted octanol–water partition coefficient (Wildman–Crippen LogP) is 4.18. The summed E-state index contributed by atoms with van der Waals surface area (Å²) in [5.74, 6) is -0.0483. The number of carbonyl (C=O) groups excluding carboxylic acids is 1. The van der Waals surface area contributed by atoms with Gasteiger partial charge < -0.3 is 10.2 Å². The SMILES string of the molecule is CC(NCc1cccc(N2CCC2=O)c1)c1cc(Br)ccc1F. The quantitative estimate of drug-likeness (QED) is 0.794. The fourth-order valence-electron chi connectivity index (χ4n) is 2.65. The van der Waals surface area contributed by atoms with E-state index in [1.54, 1.807) is 17.0 Å². The second kappa shape index (κ2) is 6.81. The first-order valence-corrected chi connectivity index (χ1v) is 8.41. The maximum atomic E-state index is 13.9. The van der Waals surface area contributed by atoms with Crippen LogP contribution in [-0.2, 0) is 11.3 Å². The summed E-state index contributed by atoms with van der Waals surface area (Å²) in [5, 5.41) is 3.33. The maximum Gasteiger partial charge on any atom is 0.228 e. The third-order valence-electron chi connectivity index (χ3n) is 4.11. The molecular formula is C18H18BrFN2O. The first-order chi connectivity index (χ1) is 11.0. The minimum Gasteiger partial charge on any atom is -0.312 e. The van der Waals surface area contributed by atoms with E-state index < -0.39 is 0 Å². The smallest absolute Gasteiger partial charge is 0.228 e. The van der Waals surface area contributed by atoms with Crippen LogP contribution in [0, 0.1) is 5.82 Å². The van der Waals surface area contributed by atoms with Crippen molar-refractivity contribution in [1.29, 1.82) is 0 Å². The first kappa shape index (κ1) is 16.1. The summed E-state index contributed by atoms with van der Waals surface area (Å²) in [4.78, 5) is 13.3. The lowest BCUT2D eigenvalue weighted by Gasteiger charge is -2.31. The fourth-order valence-corrected chi connectivity index (χ4v) is 3.03. The Kier molecular flexibility index (Phi) is 4.78. The number of nitrogens with zero attached hydrogens (tertiary/aromatic N) is 1. The summed E-state index contributed by atoms with van der Waals surface area (Å²) in [6.45, 7) is 3.34. The van der Waals surface area contributed by atoms with E-state index in [-0.39, 0.29) is 17.8 Å². The molecule has 1 aliphatic heterocycles. The molecule has 0 radical (unpaired) electrons. The Morgan fingerprint density at radius 3 is 2.83 bits per heavy atom. The van der Waals surface area contributed by atoms with Gasteiger partial charge in [-0.15, -0.1) is 0 Å². The lowest BCUT2D eigenvalue weighted by Crippen LogP contribution is -2.43. The molecule has 1 N–H and O–H groups in total. The van der Waals surface area contributed by atoms with Crippen LogP contribution in [0.4, 0.5) is 10.1 Å². The van der Waals surface area contributed by atoms with Crippen molar-refractivity contribution in [3.8, 4) is 0 Å². The molecule has 3 rings (SSSR count). The van der Waals surface area contributed by atoms with Crippen LogP contribution in [0.2, 0.25) is 0 Å². The molecular weight excluding hydrogens is 359 g/mol. The van der Waals surface area contributed by atoms with Crippen molar-refractivity contribution in [3.63, 3.8) is 0 Å². The lowest BCUT2D eigenvalue weighted by atomic mass is 10.1. The van der Waals surface area contributed by atoms with Gasteiger partial charge in [-0.3, -0.25) is 4.79 Å². The topological polar surface area (TPSA) is 32.3 Å². The molecule has 1 amide bonds. The standard InChI is InChI=1S/C18H18BrFN2O/c1-12(16-10-14(19)5-6-17(16)20)21-11-13-3-2-4-15(9-13)22-8-7-18(22)23/h2-6,9-10,12,21H,7-8,11H2,1H3. The number of nitrogens with one attached hydrogen (secondary N) is 1. The van der Waals surface area contributed by atoms with Gasteiger partial charge in [-0.2, -0.15) is 0 Å². The van der Waals surface area contributed by atoms with E-state index in [2.05, 4.69) is 21.2 Å². The van der Waals surface area contributed by atoms with Crippen molar-refractivity contribution in [1.82, 2.24) is 5.32 Å². The highest BCUT2D eigenvalue weighted by molar-refractivity contribution is 9.10. The first-order valence-electron chi connectivity index (χ1n) is 7.62. The van der Waals surface area contributed by atoms with Gasteiger partial charge in [0.1, 0.15) is 5.82 Å². The Morgan fingerprint density at radius 1 is 1.30 bits per heavy atom. The van der Waals surface area contributed by atoms with Crippen molar-refractivity contribution in [2.45, 2.75) is 25.9 Å². The van der Waals surface area contributed by atoms with Crippen LogP contribution in [0.1, 0.15) is 30.5 Å². The Bertz CT molecular complexity index is 735. The Hall–Kier alpha value is -1.72. The Balaban J connectivity index is 1.67. The zero-order chi connectivity index (χ0) is 16.4. The van der Waals surface area contributed by atoms with Crippen LogP contribution in [-0.4, -0.2) is 12.5 Å². The van der Waals surface area contributed by atoms with Crippen molar-refractivity contribution in [3.05, 3.63) is 63.9 Å². The highest BCUT2D eigenvalue weighted by Crippen LogP contribution is 2.24. The van der Waals surface area contributed by atoms with Crippen molar-refractivity contribution < 1.29 is 9.18 Å². The summed E-state index contributed by atoms with van der Waals surface area (Å²) in [7, 11) is 0. The molecule has 1 saturated heterocycles. The van der Waals surface area contributed by atoms with E-state index in [1.807, 2.05) is 31.2 Å². The van der Waals surface area contributed by atoms with Crippen LogP contribution in [0.5, 0.6) is 0 Å². The normalized spacial score (nSPS) is 15.4. The number of β-lactam (4-membered cyclic amide) rings is 1. The molecule has 0 spiro atoms. The zero-order valence-electron chi connectivity index (χ0n) is 12.9. The van der Waals surface area contributed by atoms with Crippen molar-refractivity contribution in [2.24, 2.45) is 0 Å². The number of rotatable bonds is 5. The Labute approximate surface area is 143 Å². The second-order valence-electron chi connectivity index (χ2n) is 5.73. The van der Waals surface area contributed by atoms with E-state index in [9.17, 15) is 9.18 Å². The lowest BCUT2D eigenvalue weighted by molar-refractivity contribution is -0.122. The highest BCUT2D eigenvalue weighted by atomic mass is 79.9. The van der Waals surface area contributed by atoms with E-state index in [0.29, 0.717) is 18.5 Å². The summed E-state index contributed by atoms with van der Waals surface area (Å²) >= 11 is 3.37. The highest BCUT2D eigenvalue weighted by Gasteiger charge is 2.25. The predicted molar refractivity (Wildman–Crippen MR) is 92.8 cm³/mol. The van der Waals surface area contributed by atoms with Crippen LogP contribution >= 0.6 is 15.9 Å².